The van der Waals surface area contributed by atoms with Crippen molar-refractivity contribution in [2.45, 2.75) is 44.7 Å². The first-order chi connectivity index (χ1) is 11.7. The van der Waals surface area contributed by atoms with Crippen LogP contribution in [0.25, 0.3) is 11.4 Å². The maximum absolute atomic E-state index is 9.64. The lowest BCUT2D eigenvalue weighted by Gasteiger charge is -2.44. The molecule has 24 heavy (non-hydrogen) atoms. The summed E-state index contributed by atoms with van der Waals surface area (Å²) in [6.07, 6.45) is 10.6. The molecule has 1 aromatic heterocycles. The van der Waals surface area contributed by atoms with Crippen molar-refractivity contribution in [3.8, 4) is 17.1 Å². The topological polar surface area (TPSA) is 41.3 Å². The highest BCUT2D eigenvalue weighted by Crippen LogP contribution is 2.33. The Morgan fingerprint density at radius 2 is 2.04 bits per heavy atom. The standard InChI is InChI=1S/C19H24ClN3O/c20-16-12-14(6-7-18(16)24)19-21-8-11-23(19)13-15-4-3-10-22-9-2-1-5-17(15)22/h6-8,11-12,15,17,24H,1-5,9-10,13H2/t15-,17+/m0/s1. The molecule has 0 aliphatic carbocycles. The number of benzene rings is 1. The zero-order valence-electron chi connectivity index (χ0n) is 13.9. The number of aromatic hydroxyl groups is 1. The third-order valence-corrected chi connectivity index (χ3v) is 5.88. The molecule has 2 aliphatic rings. The van der Waals surface area contributed by atoms with Crippen LogP contribution in [0.3, 0.4) is 0 Å². The summed E-state index contributed by atoms with van der Waals surface area (Å²) in [5, 5.41) is 10.0. The van der Waals surface area contributed by atoms with E-state index >= 15 is 0 Å². The Labute approximate surface area is 148 Å². The molecule has 1 aromatic carbocycles. The van der Waals surface area contributed by atoms with Gasteiger partial charge in [-0.3, -0.25) is 0 Å². The van der Waals surface area contributed by atoms with Gasteiger partial charge in [-0.05, 0) is 62.9 Å². The summed E-state index contributed by atoms with van der Waals surface area (Å²) >= 11 is 6.07. The van der Waals surface area contributed by atoms with Gasteiger partial charge in [0.25, 0.3) is 0 Å². The molecule has 3 heterocycles. The summed E-state index contributed by atoms with van der Waals surface area (Å²) in [6, 6.07) is 6.04. The maximum Gasteiger partial charge on any atom is 0.139 e. The minimum absolute atomic E-state index is 0.114. The number of halogens is 1. The van der Waals surface area contributed by atoms with Crippen molar-refractivity contribution in [3.63, 3.8) is 0 Å². The molecular formula is C19H24ClN3O. The molecule has 2 aromatic rings. The fourth-order valence-electron chi connectivity index (χ4n) is 4.41. The first kappa shape index (κ1) is 16.0. The average molecular weight is 346 g/mol. The molecule has 2 aliphatic heterocycles. The Bertz CT molecular complexity index is 712. The van der Waals surface area contributed by atoms with E-state index < -0.39 is 0 Å². The van der Waals surface area contributed by atoms with E-state index in [0.29, 0.717) is 10.9 Å². The molecule has 2 atom stereocenters. The van der Waals surface area contributed by atoms with Gasteiger partial charge in [-0.2, -0.15) is 0 Å². The second-order valence-electron chi connectivity index (χ2n) is 7.07. The average Bonchev–Trinajstić information content (AvgIpc) is 3.06. The molecule has 0 bridgehead atoms. The zero-order chi connectivity index (χ0) is 16.5. The van der Waals surface area contributed by atoms with Gasteiger partial charge in [0.15, 0.2) is 0 Å². The van der Waals surface area contributed by atoms with Crippen LogP contribution in [-0.4, -0.2) is 38.7 Å². The van der Waals surface area contributed by atoms with Crippen LogP contribution in [0.2, 0.25) is 5.02 Å². The summed E-state index contributed by atoms with van der Waals surface area (Å²) < 4.78 is 2.26. The monoisotopic (exact) mass is 345 g/mol. The van der Waals surface area contributed by atoms with Gasteiger partial charge >= 0.3 is 0 Å². The Kier molecular flexibility index (Phi) is 4.51. The van der Waals surface area contributed by atoms with Crippen molar-refractivity contribution in [3.05, 3.63) is 35.6 Å². The number of piperidine rings is 2. The highest BCUT2D eigenvalue weighted by atomic mass is 35.5. The molecule has 0 saturated carbocycles. The first-order valence-corrected chi connectivity index (χ1v) is 9.34. The largest absolute Gasteiger partial charge is 0.506 e. The Balaban J connectivity index is 1.57. The minimum atomic E-state index is 0.114. The van der Waals surface area contributed by atoms with E-state index in [0.717, 1.165) is 24.0 Å². The van der Waals surface area contributed by atoms with E-state index in [1.807, 2.05) is 12.3 Å². The van der Waals surface area contributed by atoms with E-state index in [2.05, 4.69) is 20.6 Å². The number of hydrogen-bond acceptors (Lipinski definition) is 3. The predicted octanol–water partition coefficient (Wildman–Crippen LogP) is 4.17. The van der Waals surface area contributed by atoms with Crippen molar-refractivity contribution in [2.24, 2.45) is 5.92 Å². The Morgan fingerprint density at radius 3 is 2.92 bits per heavy atom. The van der Waals surface area contributed by atoms with Crippen molar-refractivity contribution in [2.75, 3.05) is 13.1 Å². The molecule has 0 amide bonds. The zero-order valence-corrected chi connectivity index (χ0v) is 14.6. The van der Waals surface area contributed by atoms with Gasteiger partial charge < -0.3 is 14.6 Å². The summed E-state index contributed by atoms with van der Waals surface area (Å²) in [4.78, 5) is 7.24. The SMILES string of the molecule is Oc1ccc(-c2nccn2C[C@@H]2CCCN3CCCC[C@H]23)cc1Cl. The molecule has 1 N–H and O–H groups in total. The van der Waals surface area contributed by atoms with Crippen molar-refractivity contribution >= 4 is 11.6 Å². The van der Waals surface area contributed by atoms with Gasteiger partial charge in [0.2, 0.25) is 0 Å². The molecule has 128 valence electrons. The van der Waals surface area contributed by atoms with Crippen LogP contribution in [0.5, 0.6) is 5.75 Å². The van der Waals surface area contributed by atoms with Crippen LogP contribution < -0.4 is 0 Å². The normalized spacial score (nSPS) is 24.7. The van der Waals surface area contributed by atoms with Crippen LogP contribution in [-0.2, 0) is 6.54 Å². The van der Waals surface area contributed by atoms with E-state index in [-0.39, 0.29) is 5.75 Å². The summed E-state index contributed by atoms with van der Waals surface area (Å²) in [5.41, 5.74) is 0.958. The number of hydrogen-bond donors (Lipinski definition) is 1. The van der Waals surface area contributed by atoms with Gasteiger partial charge in [-0.25, -0.2) is 4.98 Å². The molecule has 4 rings (SSSR count). The summed E-state index contributed by atoms with van der Waals surface area (Å²) in [6.45, 7) is 3.55. The highest BCUT2D eigenvalue weighted by molar-refractivity contribution is 6.32. The number of phenolic OH excluding ortho intramolecular Hbond substituents is 1. The molecule has 2 fully saturated rings. The van der Waals surface area contributed by atoms with Crippen molar-refractivity contribution < 1.29 is 5.11 Å². The molecule has 5 heteroatoms. The van der Waals surface area contributed by atoms with Crippen molar-refractivity contribution in [1.82, 2.24) is 14.5 Å². The third kappa shape index (κ3) is 3.05. The third-order valence-electron chi connectivity index (χ3n) is 5.58. The van der Waals surface area contributed by atoms with Crippen LogP contribution in [0, 0.1) is 5.92 Å². The van der Waals surface area contributed by atoms with E-state index in [1.165, 1.54) is 45.2 Å². The Hall–Kier alpha value is -1.52. The Morgan fingerprint density at radius 1 is 1.17 bits per heavy atom. The number of fused-ring (bicyclic) bond motifs is 1. The van der Waals surface area contributed by atoms with Crippen LogP contribution in [0.1, 0.15) is 32.1 Å². The fourth-order valence-corrected chi connectivity index (χ4v) is 4.59. The van der Waals surface area contributed by atoms with Crippen LogP contribution in [0.4, 0.5) is 0 Å². The van der Waals surface area contributed by atoms with E-state index in [9.17, 15) is 5.11 Å². The van der Waals surface area contributed by atoms with Gasteiger partial charge in [0.05, 0.1) is 5.02 Å². The van der Waals surface area contributed by atoms with E-state index in [1.54, 1.807) is 12.1 Å². The quantitative estimate of drug-likeness (QED) is 0.907. The second kappa shape index (κ2) is 6.77. The van der Waals surface area contributed by atoms with Crippen molar-refractivity contribution in [1.29, 1.82) is 0 Å². The number of rotatable bonds is 3. The van der Waals surface area contributed by atoms with Gasteiger partial charge in [0.1, 0.15) is 11.6 Å². The number of nitrogens with zero attached hydrogens (tertiary/aromatic N) is 3. The van der Waals surface area contributed by atoms with Gasteiger partial charge in [-0.15, -0.1) is 0 Å². The maximum atomic E-state index is 9.64. The molecule has 4 nitrogen and oxygen atoms in total. The lowest BCUT2D eigenvalue weighted by molar-refractivity contribution is 0.0521. The highest BCUT2D eigenvalue weighted by Gasteiger charge is 2.33. The summed E-state index contributed by atoms with van der Waals surface area (Å²) in [5.74, 6) is 1.74. The van der Waals surface area contributed by atoms with E-state index in [4.69, 9.17) is 11.6 Å². The lowest BCUT2D eigenvalue weighted by atomic mass is 9.83. The van der Waals surface area contributed by atoms with Gasteiger partial charge in [0, 0.05) is 30.5 Å². The van der Waals surface area contributed by atoms with Crippen LogP contribution in [0.15, 0.2) is 30.6 Å². The van der Waals surface area contributed by atoms with Gasteiger partial charge in [-0.1, -0.05) is 18.0 Å². The smallest absolute Gasteiger partial charge is 0.139 e. The molecule has 0 unspecified atom stereocenters. The molecule has 0 radical (unpaired) electrons. The fraction of sp³-hybridized carbons (Fsp3) is 0.526. The second-order valence-corrected chi connectivity index (χ2v) is 7.48. The molecular weight excluding hydrogens is 322 g/mol. The summed E-state index contributed by atoms with van der Waals surface area (Å²) in [7, 11) is 0. The first-order valence-electron chi connectivity index (χ1n) is 8.96. The number of aromatic nitrogens is 2. The predicted molar refractivity (Wildman–Crippen MR) is 96.3 cm³/mol. The molecule has 2 saturated heterocycles. The molecule has 0 spiro atoms. The number of phenols is 1. The minimum Gasteiger partial charge on any atom is -0.506 e. The number of imidazole rings is 1. The van der Waals surface area contributed by atoms with Crippen LogP contribution >= 0.6 is 11.6 Å². The lowest BCUT2D eigenvalue weighted by Crippen LogP contribution is -2.49.